The SMILES string of the molecule is CC(CCCc1ccccc1)(SCCCc1ccccc1)C(=O)O. The Morgan fingerprint density at radius 2 is 1.42 bits per heavy atom. The minimum absolute atomic E-state index is 0.689. The van der Waals surface area contributed by atoms with Gasteiger partial charge in [0, 0.05) is 0 Å². The molecular formula is C21H26O2S. The Kier molecular flexibility index (Phi) is 7.38. The molecule has 24 heavy (non-hydrogen) atoms. The van der Waals surface area contributed by atoms with E-state index in [0.29, 0.717) is 6.42 Å². The second-order valence-corrected chi connectivity index (χ2v) is 7.91. The quantitative estimate of drug-likeness (QED) is 0.602. The molecule has 0 aromatic heterocycles. The molecule has 2 nitrogen and oxygen atoms in total. The van der Waals surface area contributed by atoms with Gasteiger partial charge < -0.3 is 5.11 Å². The van der Waals surface area contributed by atoms with Crippen molar-refractivity contribution in [2.75, 3.05) is 5.75 Å². The van der Waals surface area contributed by atoms with Gasteiger partial charge in [-0.3, -0.25) is 4.79 Å². The molecule has 0 aliphatic carbocycles. The predicted molar refractivity (Wildman–Crippen MR) is 103 cm³/mol. The van der Waals surface area contributed by atoms with Gasteiger partial charge in [0.25, 0.3) is 0 Å². The summed E-state index contributed by atoms with van der Waals surface area (Å²) < 4.78 is -0.689. The van der Waals surface area contributed by atoms with Gasteiger partial charge in [0.2, 0.25) is 0 Å². The van der Waals surface area contributed by atoms with Crippen LogP contribution in [0.25, 0.3) is 0 Å². The van der Waals surface area contributed by atoms with Crippen molar-refractivity contribution in [1.29, 1.82) is 0 Å². The first-order valence-corrected chi connectivity index (χ1v) is 9.54. The van der Waals surface area contributed by atoms with Crippen LogP contribution in [0.15, 0.2) is 60.7 Å². The number of carboxylic acid groups (broad SMARTS) is 1. The van der Waals surface area contributed by atoms with Crippen molar-refractivity contribution in [2.24, 2.45) is 0 Å². The average molecular weight is 343 g/mol. The summed E-state index contributed by atoms with van der Waals surface area (Å²) in [5.41, 5.74) is 2.60. The van der Waals surface area contributed by atoms with Crippen LogP contribution in [0, 0.1) is 0 Å². The van der Waals surface area contributed by atoms with Gasteiger partial charge in [-0.15, -0.1) is 11.8 Å². The van der Waals surface area contributed by atoms with E-state index in [1.54, 1.807) is 11.8 Å². The van der Waals surface area contributed by atoms with E-state index in [1.165, 1.54) is 11.1 Å². The number of thioether (sulfide) groups is 1. The van der Waals surface area contributed by atoms with E-state index in [2.05, 4.69) is 24.3 Å². The monoisotopic (exact) mass is 342 g/mol. The van der Waals surface area contributed by atoms with Crippen LogP contribution in [0.4, 0.5) is 0 Å². The van der Waals surface area contributed by atoms with Crippen LogP contribution in [0.5, 0.6) is 0 Å². The largest absolute Gasteiger partial charge is 0.480 e. The number of carbonyl (C=O) groups is 1. The summed E-state index contributed by atoms with van der Waals surface area (Å²) in [4.78, 5) is 11.7. The summed E-state index contributed by atoms with van der Waals surface area (Å²) in [5.74, 6) is 0.184. The summed E-state index contributed by atoms with van der Waals surface area (Å²) in [6.45, 7) is 1.87. The number of hydrogen-bond acceptors (Lipinski definition) is 2. The molecule has 1 N–H and O–H groups in total. The van der Waals surface area contributed by atoms with Gasteiger partial charge in [-0.05, 0) is 55.9 Å². The van der Waals surface area contributed by atoms with E-state index in [-0.39, 0.29) is 0 Å². The number of hydrogen-bond donors (Lipinski definition) is 1. The lowest BCUT2D eigenvalue weighted by atomic mass is 10.0. The number of aryl methyl sites for hydroxylation is 2. The van der Waals surface area contributed by atoms with Crippen LogP contribution in [-0.4, -0.2) is 21.6 Å². The molecule has 1 unspecified atom stereocenters. The van der Waals surface area contributed by atoms with Gasteiger partial charge >= 0.3 is 5.97 Å². The van der Waals surface area contributed by atoms with Gasteiger partial charge in [0.05, 0.1) is 0 Å². The van der Waals surface area contributed by atoms with Crippen LogP contribution in [0.2, 0.25) is 0 Å². The molecule has 2 rings (SSSR count). The minimum atomic E-state index is -0.694. The summed E-state index contributed by atoms with van der Waals surface area (Å²) in [6.07, 6.45) is 4.56. The van der Waals surface area contributed by atoms with Crippen molar-refractivity contribution in [3.05, 3.63) is 71.8 Å². The first-order chi connectivity index (χ1) is 11.6. The third-order valence-corrected chi connectivity index (χ3v) is 5.80. The van der Waals surface area contributed by atoms with Crippen LogP contribution in [-0.2, 0) is 17.6 Å². The lowest BCUT2D eigenvalue weighted by Crippen LogP contribution is -2.32. The fourth-order valence-electron chi connectivity index (χ4n) is 2.73. The molecule has 0 aliphatic rings. The number of carboxylic acids is 1. The van der Waals surface area contributed by atoms with E-state index in [1.807, 2.05) is 43.3 Å². The van der Waals surface area contributed by atoms with Gasteiger partial charge in [-0.2, -0.15) is 0 Å². The Morgan fingerprint density at radius 1 is 0.917 bits per heavy atom. The van der Waals surface area contributed by atoms with Crippen LogP contribution >= 0.6 is 11.8 Å². The Balaban J connectivity index is 1.75. The first kappa shape index (κ1) is 18.6. The molecule has 0 saturated heterocycles. The molecule has 1 atom stereocenters. The zero-order valence-corrected chi connectivity index (χ0v) is 15.1. The Bertz CT molecular complexity index is 612. The molecule has 3 heteroatoms. The van der Waals surface area contributed by atoms with E-state index in [9.17, 15) is 9.90 Å². The third-order valence-electron chi connectivity index (χ3n) is 4.29. The van der Waals surface area contributed by atoms with Gasteiger partial charge in [0.15, 0.2) is 0 Å². The highest BCUT2D eigenvalue weighted by atomic mass is 32.2. The molecule has 128 valence electrons. The van der Waals surface area contributed by atoms with E-state index in [4.69, 9.17) is 0 Å². The van der Waals surface area contributed by atoms with Gasteiger partial charge in [-0.25, -0.2) is 0 Å². The fraction of sp³-hybridized carbons (Fsp3) is 0.381. The summed E-state index contributed by atoms with van der Waals surface area (Å²) >= 11 is 1.59. The van der Waals surface area contributed by atoms with E-state index < -0.39 is 10.7 Å². The normalized spacial score (nSPS) is 13.4. The molecule has 2 aromatic rings. The zero-order valence-electron chi connectivity index (χ0n) is 14.3. The van der Waals surface area contributed by atoms with Gasteiger partial charge in [-0.1, -0.05) is 60.7 Å². The Morgan fingerprint density at radius 3 is 1.92 bits per heavy atom. The maximum atomic E-state index is 11.7. The second kappa shape index (κ2) is 9.53. The average Bonchev–Trinajstić information content (AvgIpc) is 2.60. The number of benzene rings is 2. The zero-order chi connectivity index (χ0) is 17.3. The molecule has 0 spiro atoms. The van der Waals surface area contributed by atoms with E-state index >= 15 is 0 Å². The first-order valence-electron chi connectivity index (χ1n) is 8.55. The molecule has 0 amide bonds. The molecule has 2 aromatic carbocycles. The second-order valence-electron chi connectivity index (χ2n) is 6.31. The van der Waals surface area contributed by atoms with Crippen LogP contribution in [0.3, 0.4) is 0 Å². The van der Waals surface area contributed by atoms with Crippen molar-refractivity contribution in [3.63, 3.8) is 0 Å². The maximum absolute atomic E-state index is 11.7. The number of aliphatic carboxylic acids is 1. The number of rotatable bonds is 10. The molecule has 0 fully saturated rings. The lowest BCUT2D eigenvalue weighted by Gasteiger charge is -2.24. The van der Waals surface area contributed by atoms with Crippen molar-refractivity contribution >= 4 is 17.7 Å². The van der Waals surface area contributed by atoms with Crippen LogP contribution in [0.1, 0.15) is 37.3 Å². The highest BCUT2D eigenvalue weighted by Gasteiger charge is 2.32. The van der Waals surface area contributed by atoms with Crippen molar-refractivity contribution in [1.82, 2.24) is 0 Å². The van der Waals surface area contributed by atoms with Crippen LogP contribution < -0.4 is 0 Å². The topological polar surface area (TPSA) is 37.3 Å². The summed E-state index contributed by atoms with van der Waals surface area (Å²) in [6, 6.07) is 20.6. The summed E-state index contributed by atoms with van der Waals surface area (Å²) in [7, 11) is 0. The molecular weight excluding hydrogens is 316 g/mol. The maximum Gasteiger partial charge on any atom is 0.319 e. The highest BCUT2D eigenvalue weighted by molar-refractivity contribution is 8.01. The van der Waals surface area contributed by atoms with Crippen molar-refractivity contribution < 1.29 is 9.90 Å². The van der Waals surface area contributed by atoms with E-state index in [0.717, 1.165) is 31.4 Å². The molecule has 0 heterocycles. The van der Waals surface area contributed by atoms with Crippen molar-refractivity contribution in [2.45, 2.75) is 43.8 Å². The minimum Gasteiger partial charge on any atom is -0.480 e. The molecule has 0 bridgehead atoms. The van der Waals surface area contributed by atoms with Crippen molar-refractivity contribution in [3.8, 4) is 0 Å². The lowest BCUT2D eigenvalue weighted by molar-refractivity contribution is -0.139. The predicted octanol–water partition coefficient (Wildman–Crippen LogP) is 5.22. The Hall–Kier alpha value is -1.74. The Labute approximate surface area is 149 Å². The molecule has 0 radical (unpaired) electrons. The molecule has 0 aliphatic heterocycles. The fourth-order valence-corrected chi connectivity index (χ4v) is 3.89. The third kappa shape index (κ3) is 6.04. The highest BCUT2D eigenvalue weighted by Crippen LogP contribution is 2.32. The molecule has 0 saturated carbocycles. The van der Waals surface area contributed by atoms with Gasteiger partial charge in [0.1, 0.15) is 4.75 Å². The smallest absolute Gasteiger partial charge is 0.319 e. The summed E-state index contributed by atoms with van der Waals surface area (Å²) in [5, 5.41) is 9.63. The standard InChI is InChI=1S/C21H26O2S/c1-21(20(22)23,16-8-14-18-10-4-2-5-11-18)24-17-9-15-19-12-6-3-7-13-19/h2-7,10-13H,8-9,14-17H2,1H3,(H,22,23).